The third kappa shape index (κ3) is 2.25. The Balaban J connectivity index is 2.08. The molecule has 1 saturated heterocycles. The van der Waals surface area contributed by atoms with Crippen LogP contribution in [0.3, 0.4) is 0 Å². The lowest BCUT2D eigenvalue weighted by Gasteiger charge is -2.09. The SMILES string of the molecule is Fc1ccc(CC2CCNC2)c(Cl)c1. The van der Waals surface area contributed by atoms with Crippen molar-refractivity contribution in [3.63, 3.8) is 0 Å². The highest BCUT2D eigenvalue weighted by Crippen LogP contribution is 2.22. The van der Waals surface area contributed by atoms with Gasteiger partial charge in [-0.15, -0.1) is 0 Å². The molecule has 0 saturated carbocycles. The van der Waals surface area contributed by atoms with Crippen LogP contribution in [-0.4, -0.2) is 13.1 Å². The lowest BCUT2D eigenvalue weighted by molar-refractivity contribution is 0.577. The van der Waals surface area contributed by atoms with Gasteiger partial charge in [-0.05, 0) is 49.5 Å². The first-order chi connectivity index (χ1) is 6.75. The van der Waals surface area contributed by atoms with Crippen molar-refractivity contribution in [1.82, 2.24) is 5.32 Å². The summed E-state index contributed by atoms with van der Waals surface area (Å²) in [5.74, 6) is 0.390. The molecule has 0 aliphatic carbocycles. The van der Waals surface area contributed by atoms with Gasteiger partial charge in [0.15, 0.2) is 0 Å². The van der Waals surface area contributed by atoms with Gasteiger partial charge in [-0.25, -0.2) is 4.39 Å². The highest BCUT2D eigenvalue weighted by atomic mass is 35.5. The summed E-state index contributed by atoms with van der Waals surface area (Å²) in [6.45, 7) is 2.14. The van der Waals surface area contributed by atoms with Gasteiger partial charge in [0.1, 0.15) is 5.82 Å². The van der Waals surface area contributed by atoms with E-state index in [-0.39, 0.29) is 5.82 Å². The van der Waals surface area contributed by atoms with Gasteiger partial charge in [0, 0.05) is 5.02 Å². The summed E-state index contributed by atoms with van der Waals surface area (Å²) in [6.07, 6.45) is 2.14. The summed E-state index contributed by atoms with van der Waals surface area (Å²) in [4.78, 5) is 0. The summed E-state index contributed by atoms with van der Waals surface area (Å²) in [6, 6.07) is 4.65. The molecule has 1 atom stereocenters. The first-order valence-electron chi connectivity index (χ1n) is 4.90. The fraction of sp³-hybridized carbons (Fsp3) is 0.455. The smallest absolute Gasteiger partial charge is 0.124 e. The average Bonchev–Trinajstić information content (AvgIpc) is 2.62. The van der Waals surface area contributed by atoms with E-state index in [9.17, 15) is 4.39 Å². The Labute approximate surface area is 88.3 Å². The van der Waals surface area contributed by atoms with E-state index in [1.807, 2.05) is 0 Å². The van der Waals surface area contributed by atoms with Gasteiger partial charge >= 0.3 is 0 Å². The number of benzene rings is 1. The van der Waals surface area contributed by atoms with E-state index in [1.165, 1.54) is 18.6 Å². The molecule has 1 nitrogen and oxygen atoms in total. The molecule has 1 heterocycles. The van der Waals surface area contributed by atoms with E-state index in [4.69, 9.17) is 11.6 Å². The average molecular weight is 214 g/mol. The largest absolute Gasteiger partial charge is 0.316 e. The molecule has 1 aromatic rings. The van der Waals surface area contributed by atoms with Crippen LogP contribution < -0.4 is 5.32 Å². The van der Waals surface area contributed by atoms with E-state index < -0.39 is 0 Å². The van der Waals surface area contributed by atoms with Crippen molar-refractivity contribution in [2.45, 2.75) is 12.8 Å². The van der Waals surface area contributed by atoms with Gasteiger partial charge in [0.25, 0.3) is 0 Å². The van der Waals surface area contributed by atoms with Gasteiger partial charge in [0.05, 0.1) is 0 Å². The third-order valence-corrected chi connectivity index (χ3v) is 3.04. The molecule has 0 bridgehead atoms. The second kappa shape index (κ2) is 4.28. The van der Waals surface area contributed by atoms with Crippen LogP contribution in [0, 0.1) is 11.7 Å². The van der Waals surface area contributed by atoms with Gasteiger partial charge in [-0.1, -0.05) is 17.7 Å². The van der Waals surface area contributed by atoms with Crippen LogP contribution in [0.5, 0.6) is 0 Å². The molecule has 14 heavy (non-hydrogen) atoms. The second-order valence-corrected chi connectivity index (χ2v) is 4.21. The van der Waals surface area contributed by atoms with Crippen LogP contribution in [-0.2, 0) is 6.42 Å². The maximum atomic E-state index is 12.8. The highest BCUT2D eigenvalue weighted by Gasteiger charge is 2.16. The summed E-state index contributed by atoms with van der Waals surface area (Å²) < 4.78 is 12.8. The maximum Gasteiger partial charge on any atom is 0.124 e. The Morgan fingerprint density at radius 3 is 3.00 bits per heavy atom. The van der Waals surface area contributed by atoms with Crippen LogP contribution >= 0.6 is 11.6 Å². The quantitative estimate of drug-likeness (QED) is 0.797. The summed E-state index contributed by atoms with van der Waals surface area (Å²) in [5, 5.41) is 3.86. The van der Waals surface area contributed by atoms with Crippen LogP contribution in [0.1, 0.15) is 12.0 Å². The molecule has 0 aromatic heterocycles. The van der Waals surface area contributed by atoms with Gasteiger partial charge in [-0.2, -0.15) is 0 Å². The molecule has 1 N–H and O–H groups in total. The maximum absolute atomic E-state index is 12.8. The molecule has 76 valence electrons. The molecule has 2 rings (SSSR count). The monoisotopic (exact) mass is 213 g/mol. The lowest BCUT2D eigenvalue weighted by Crippen LogP contribution is -2.10. The third-order valence-electron chi connectivity index (χ3n) is 2.69. The number of nitrogens with one attached hydrogen (secondary N) is 1. The van der Waals surface area contributed by atoms with Crippen LogP contribution in [0.2, 0.25) is 5.02 Å². The number of hydrogen-bond donors (Lipinski definition) is 1. The van der Waals surface area contributed by atoms with E-state index in [2.05, 4.69) is 5.32 Å². The normalized spacial score (nSPS) is 21.4. The summed E-state index contributed by atoms with van der Waals surface area (Å²) >= 11 is 5.95. The highest BCUT2D eigenvalue weighted by molar-refractivity contribution is 6.31. The van der Waals surface area contributed by atoms with E-state index in [1.54, 1.807) is 6.07 Å². The van der Waals surface area contributed by atoms with Gasteiger partial charge in [-0.3, -0.25) is 0 Å². The molecule has 0 spiro atoms. The first-order valence-corrected chi connectivity index (χ1v) is 5.28. The Morgan fingerprint density at radius 2 is 2.36 bits per heavy atom. The van der Waals surface area contributed by atoms with Crippen molar-refractivity contribution in [3.8, 4) is 0 Å². The van der Waals surface area contributed by atoms with E-state index in [0.717, 1.165) is 25.1 Å². The van der Waals surface area contributed by atoms with E-state index >= 15 is 0 Å². The molecule has 1 unspecified atom stereocenters. The zero-order valence-corrected chi connectivity index (χ0v) is 8.65. The Bertz CT molecular complexity index is 321. The fourth-order valence-corrected chi connectivity index (χ4v) is 2.13. The Hall–Kier alpha value is -0.600. The number of rotatable bonds is 2. The molecule has 1 aliphatic heterocycles. The standard InChI is InChI=1S/C11H13ClFN/c12-11-6-10(13)2-1-9(11)5-8-3-4-14-7-8/h1-2,6,8,14H,3-5,7H2. The second-order valence-electron chi connectivity index (χ2n) is 3.80. The van der Waals surface area contributed by atoms with Crippen LogP contribution in [0.25, 0.3) is 0 Å². The van der Waals surface area contributed by atoms with Crippen molar-refractivity contribution < 1.29 is 4.39 Å². The van der Waals surface area contributed by atoms with Crippen LogP contribution in [0.15, 0.2) is 18.2 Å². The molecule has 3 heteroatoms. The lowest BCUT2D eigenvalue weighted by atomic mass is 9.99. The molecular formula is C11H13ClFN. The minimum atomic E-state index is -0.261. The molecule has 1 fully saturated rings. The van der Waals surface area contributed by atoms with Crippen molar-refractivity contribution >= 4 is 11.6 Å². The zero-order chi connectivity index (χ0) is 9.97. The molecule has 0 radical (unpaired) electrons. The van der Waals surface area contributed by atoms with Crippen LogP contribution in [0.4, 0.5) is 4.39 Å². The minimum Gasteiger partial charge on any atom is -0.316 e. The number of halogens is 2. The summed E-state index contributed by atoms with van der Waals surface area (Å²) in [5.41, 5.74) is 1.06. The predicted octanol–water partition coefficient (Wildman–Crippen LogP) is 2.63. The van der Waals surface area contributed by atoms with Crippen molar-refractivity contribution in [3.05, 3.63) is 34.6 Å². The summed E-state index contributed by atoms with van der Waals surface area (Å²) in [7, 11) is 0. The molecule has 0 amide bonds. The van der Waals surface area contributed by atoms with Crippen molar-refractivity contribution in [2.75, 3.05) is 13.1 Å². The van der Waals surface area contributed by atoms with E-state index in [0.29, 0.717) is 10.9 Å². The molecule has 1 aliphatic rings. The zero-order valence-electron chi connectivity index (χ0n) is 7.89. The van der Waals surface area contributed by atoms with Crippen molar-refractivity contribution in [2.24, 2.45) is 5.92 Å². The molecular weight excluding hydrogens is 201 g/mol. The molecule has 1 aromatic carbocycles. The fourth-order valence-electron chi connectivity index (χ4n) is 1.89. The Morgan fingerprint density at radius 1 is 1.50 bits per heavy atom. The van der Waals surface area contributed by atoms with Gasteiger partial charge in [0.2, 0.25) is 0 Å². The Kier molecular flexibility index (Phi) is 3.04. The predicted molar refractivity (Wildman–Crippen MR) is 56.1 cm³/mol. The van der Waals surface area contributed by atoms with Crippen molar-refractivity contribution in [1.29, 1.82) is 0 Å². The topological polar surface area (TPSA) is 12.0 Å². The minimum absolute atomic E-state index is 0.261. The first kappa shape index (κ1) is 9.94. The number of hydrogen-bond acceptors (Lipinski definition) is 1. The van der Waals surface area contributed by atoms with Gasteiger partial charge < -0.3 is 5.32 Å².